The van der Waals surface area contributed by atoms with Crippen LogP contribution < -0.4 is 20.9 Å². The first-order chi connectivity index (χ1) is 15.3. The van der Waals surface area contributed by atoms with Crippen molar-refractivity contribution in [3.05, 3.63) is 29.3 Å². The number of benzene rings is 1. The Bertz CT molecular complexity index is 831. The van der Waals surface area contributed by atoms with Gasteiger partial charge in [0.05, 0.1) is 5.92 Å². The Morgan fingerprint density at radius 3 is 2.62 bits per heavy atom. The van der Waals surface area contributed by atoms with E-state index < -0.39 is 0 Å². The Balaban J connectivity index is 0.00000114. The van der Waals surface area contributed by atoms with Crippen LogP contribution in [-0.4, -0.2) is 80.1 Å². The zero-order valence-electron chi connectivity index (χ0n) is 18.9. The third kappa shape index (κ3) is 6.68. The number of likely N-dealkylation sites (N-methyl/N-ethyl adjacent to an activating group) is 1. The van der Waals surface area contributed by atoms with Gasteiger partial charge in [-0.05, 0) is 51.4 Å². The van der Waals surface area contributed by atoms with Gasteiger partial charge in [0, 0.05) is 50.0 Å². The number of amides is 4. The molecule has 0 saturated carbocycles. The van der Waals surface area contributed by atoms with E-state index in [0.29, 0.717) is 38.3 Å². The second-order valence-corrected chi connectivity index (χ2v) is 8.05. The minimum atomic E-state index is -0.250. The summed E-state index contributed by atoms with van der Waals surface area (Å²) >= 11 is 0. The first-order valence-electron chi connectivity index (χ1n) is 10.8. The van der Waals surface area contributed by atoms with Crippen LogP contribution in [0.4, 0.5) is 10.5 Å². The van der Waals surface area contributed by atoms with E-state index >= 15 is 0 Å². The number of aryl methyl sites for hydroxylation is 1. The van der Waals surface area contributed by atoms with E-state index in [-0.39, 0.29) is 36.3 Å². The van der Waals surface area contributed by atoms with Gasteiger partial charge in [0.15, 0.2) is 0 Å². The fourth-order valence-electron chi connectivity index (χ4n) is 4.07. The summed E-state index contributed by atoms with van der Waals surface area (Å²) in [5.74, 6) is -0.124. The summed E-state index contributed by atoms with van der Waals surface area (Å²) in [6.45, 7) is 6.83. The number of hydrogen-bond donors (Lipinski definition) is 4. The van der Waals surface area contributed by atoms with Crippen molar-refractivity contribution < 1.29 is 24.3 Å². The Labute approximate surface area is 188 Å². The Hall–Kier alpha value is -3.14. The van der Waals surface area contributed by atoms with Crippen LogP contribution in [0.15, 0.2) is 18.2 Å². The number of carbonyl (C=O) groups is 4. The molecule has 2 atom stereocenters. The lowest BCUT2D eigenvalue weighted by atomic mass is 10.0. The number of rotatable bonds is 5. The van der Waals surface area contributed by atoms with E-state index in [4.69, 9.17) is 9.90 Å². The maximum Gasteiger partial charge on any atom is 0.322 e. The van der Waals surface area contributed by atoms with Gasteiger partial charge in [-0.1, -0.05) is 6.07 Å². The molecule has 0 aromatic heterocycles. The number of hydrogen-bond acceptors (Lipinski definition) is 5. The molecule has 4 N–H and O–H groups in total. The number of anilines is 1. The predicted octanol–water partition coefficient (Wildman–Crippen LogP) is 0.802. The fourth-order valence-corrected chi connectivity index (χ4v) is 4.07. The largest absolute Gasteiger partial charge is 0.483 e. The fraction of sp³-hybridized carbons (Fsp3) is 0.545. The summed E-state index contributed by atoms with van der Waals surface area (Å²) in [7, 11) is 1.98. The number of likely N-dealkylation sites (tertiary alicyclic amines) is 1. The smallest absolute Gasteiger partial charge is 0.322 e. The zero-order chi connectivity index (χ0) is 23.7. The summed E-state index contributed by atoms with van der Waals surface area (Å²) in [6, 6.07) is 5.30. The van der Waals surface area contributed by atoms with Gasteiger partial charge in [-0.3, -0.25) is 19.3 Å². The highest BCUT2D eigenvalue weighted by molar-refractivity contribution is 5.99. The number of nitrogens with zero attached hydrogens (tertiary/aromatic N) is 2. The lowest BCUT2D eigenvalue weighted by molar-refractivity contribution is -0.125. The highest BCUT2D eigenvalue weighted by Gasteiger charge is 2.28. The number of carbonyl (C=O) groups excluding carboxylic acids is 3. The normalized spacial score (nSPS) is 21.0. The van der Waals surface area contributed by atoms with Gasteiger partial charge < -0.3 is 26.0 Å². The van der Waals surface area contributed by atoms with Crippen molar-refractivity contribution in [3.8, 4) is 0 Å². The molecule has 0 spiro atoms. The van der Waals surface area contributed by atoms with E-state index in [1.807, 2.05) is 27.0 Å². The standard InChI is InChI=1S/C21H31N5O3.CH2O2/c1-4-22-19(27)16-7-8-17(13-25(3)12-16)24-20(28)15-6-5-14(2)18(11-15)26-10-9-23-21(26)29;2-1-3/h5-6,11,16-17H,4,7-10,12-13H2,1-3H3,(H,22,27)(H,23,29)(H,24,28);1H,(H,2,3)/t16-,17+;/m1./s1. The van der Waals surface area contributed by atoms with Crippen molar-refractivity contribution in [2.24, 2.45) is 5.92 Å². The van der Waals surface area contributed by atoms with Crippen molar-refractivity contribution >= 4 is 30.0 Å². The predicted molar refractivity (Wildman–Crippen MR) is 121 cm³/mol. The van der Waals surface area contributed by atoms with Crippen LogP contribution in [0, 0.1) is 12.8 Å². The molecule has 2 fully saturated rings. The molecule has 10 nitrogen and oxygen atoms in total. The summed E-state index contributed by atoms with van der Waals surface area (Å²) in [5, 5.41) is 15.7. The second kappa shape index (κ2) is 12.0. The van der Waals surface area contributed by atoms with E-state index in [9.17, 15) is 14.4 Å². The van der Waals surface area contributed by atoms with Crippen LogP contribution in [0.1, 0.15) is 35.7 Å². The highest BCUT2D eigenvalue weighted by Crippen LogP contribution is 2.24. The maximum atomic E-state index is 12.9. The van der Waals surface area contributed by atoms with E-state index in [1.54, 1.807) is 17.0 Å². The first-order valence-corrected chi connectivity index (χ1v) is 10.8. The van der Waals surface area contributed by atoms with Crippen molar-refractivity contribution in [3.63, 3.8) is 0 Å². The number of nitrogens with one attached hydrogen (secondary N) is 3. The lowest BCUT2D eigenvalue weighted by Crippen LogP contribution is -2.42. The molecule has 0 bridgehead atoms. The van der Waals surface area contributed by atoms with Gasteiger partial charge in [-0.25, -0.2) is 4.79 Å². The molecule has 1 aromatic rings. The highest BCUT2D eigenvalue weighted by atomic mass is 16.3. The Morgan fingerprint density at radius 1 is 1.28 bits per heavy atom. The molecule has 3 rings (SSSR count). The molecule has 2 aliphatic heterocycles. The molecule has 0 radical (unpaired) electrons. The molecule has 32 heavy (non-hydrogen) atoms. The van der Waals surface area contributed by atoms with Crippen LogP contribution in [0.25, 0.3) is 0 Å². The van der Waals surface area contributed by atoms with E-state index in [0.717, 1.165) is 24.1 Å². The van der Waals surface area contributed by atoms with Crippen molar-refractivity contribution in [2.75, 3.05) is 44.7 Å². The average molecular weight is 448 g/mol. The quantitative estimate of drug-likeness (QED) is 0.494. The first kappa shape index (κ1) is 25.1. The lowest BCUT2D eigenvalue weighted by Gasteiger charge is -2.22. The van der Waals surface area contributed by atoms with Gasteiger partial charge in [-0.15, -0.1) is 0 Å². The maximum absolute atomic E-state index is 12.9. The molecule has 2 aliphatic rings. The Kier molecular flexibility index (Phi) is 9.45. The van der Waals surface area contributed by atoms with Crippen LogP contribution in [0.3, 0.4) is 0 Å². The van der Waals surface area contributed by atoms with Crippen molar-refractivity contribution in [1.82, 2.24) is 20.9 Å². The van der Waals surface area contributed by atoms with Gasteiger partial charge in [0.25, 0.3) is 12.4 Å². The number of carboxylic acid groups (broad SMARTS) is 1. The molecular formula is C22H33N5O5. The van der Waals surface area contributed by atoms with Crippen LogP contribution >= 0.6 is 0 Å². The molecule has 0 unspecified atom stereocenters. The van der Waals surface area contributed by atoms with E-state index in [2.05, 4.69) is 20.9 Å². The van der Waals surface area contributed by atoms with Gasteiger partial charge in [0.1, 0.15) is 0 Å². The molecule has 176 valence electrons. The van der Waals surface area contributed by atoms with Gasteiger partial charge >= 0.3 is 6.03 Å². The van der Waals surface area contributed by atoms with Crippen LogP contribution in [0.5, 0.6) is 0 Å². The molecule has 10 heteroatoms. The minimum Gasteiger partial charge on any atom is -0.483 e. The second-order valence-electron chi connectivity index (χ2n) is 8.05. The summed E-state index contributed by atoms with van der Waals surface area (Å²) in [6.07, 6.45) is 1.50. The SMILES string of the molecule is CCNC(=O)[C@@H]1CC[C@H](NC(=O)c2ccc(C)c(N3CCNC3=O)c2)CN(C)C1.O=CO. The third-order valence-electron chi connectivity index (χ3n) is 5.60. The minimum absolute atomic E-state index is 0.0215. The van der Waals surface area contributed by atoms with Crippen LogP contribution in [-0.2, 0) is 9.59 Å². The van der Waals surface area contributed by atoms with Crippen LogP contribution in [0.2, 0.25) is 0 Å². The zero-order valence-corrected chi connectivity index (χ0v) is 18.9. The molecule has 4 amide bonds. The average Bonchev–Trinajstić information content (AvgIpc) is 3.08. The Morgan fingerprint density at radius 2 is 2.00 bits per heavy atom. The molecule has 0 aliphatic carbocycles. The molecule has 2 saturated heterocycles. The molecule has 2 heterocycles. The monoisotopic (exact) mass is 447 g/mol. The topological polar surface area (TPSA) is 131 Å². The van der Waals surface area contributed by atoms with Crippen molar-refractivity contribution in [1.29, 1.82) is 0 Å². The summed E-state index contributed by atoms with van der Waals surface area (Å²) in [5.41, 5.74) is 2.26. The van der Waals surface area contributed by atoms with Gasteiger partial charge in [0.2, 0.25) is 5.91 Å². The molecular weight excluding hydrogens is 414 g/mol. The number of urea groups is 1. The summed E-state index contributed by atoms with van der Waals surface area (Å²) < 4.78 is 0. The molecule has 1 aromatic carbocycles. The van der Waals surface area contributed by atoms with E-state index in [1.165, 1.54) is 0 Å². The third-order valence-corrected chi connectivity index (χ3v) is 5.60. The van der Waals surface area contributed by atoms with Gasteiger partial charge in [-0.2, -0.15) is 0 Å². The van der Waals surface area contributed by atoms with Crippen molar-refractivity contribution in [2.45, 2.75) is 32.7 Å². The summed E-state index contributed by atoms with van der Waals surface area (Å²) in [4.78, 5) is 49.2.